The number of imide groups is 2. The van der Waals surface area contributed by atoms with E-state index in [1.165, 1.54) is 25.3 Å². The fourth-order valence-electron chi connectivity index (χ4n) is 4.68. The molecule has 1 aromatic rings. The van der Waals surface area contributed by atoms with E-state index in [1.54, 1.807) is 6.08 Å². The summed E-state index contributed by atoms with van der Waals surface area (Å²) >= 11 is 0. The number of rotatable bonds is 2. The van der Waals surface area contributed by atoms with E-state index in [-0.39, 0.29) is 11.1 Å². The number of nitrogens with zero attached hydrogens (tertiary/aromatic N) is 3. The van der Waals surface area contributed by atoms with E-state index in [4.69, 9.17) is 0 Å². The van der Waals surface area contributed by atoms with E-state index in [9.17, 15) is 14.4 Å². The molecular formula is C22H29N3O3. The third kappa shape index (κ3) is 3.11. The minimum absolute atomic E-state index is 0.00839. The number of urea groups is 1. The lowest BCUT2D eigenvalue weighted by Gasteiger charge is -2.50. The summed E-state index contributed by atoms with van der Waals surface area (Å²) < 4.78 is 0. The molecule has 2 aliphatic heterocycles. The first-order chi connectivity index (χ1) is 13.0. The molecule has 1 saturated heterocycles. The second-order valence-electron chi connectivity index (χ2n) is 8.77. The van der Waals surface area contributed by atoms with Gasteiger partial charge in [0.05, 0.1) is 0 Å². The quantitative estimate of drug-likeness (QED) is 0.578. The van der Waals surface area contributed by atoms with Gasteiger partial charge >= 0.3 is 6.03 Å². The van der Waals surface area contributed by atoms with Crippen LogP contribution in [0.15, 0.2) is 23.8 Å². The Hall–Kier alpha value is -2.63. The van der Waals surface area contributed by atoms with Gasteiger partial charge in [-0.2, -0.15) is 0 Å². The Morgan fingerprint density at radius 3 is 2.18 bits per heavy atom. The molecule has 0 aliphatic carbocycles. The summed E-state index contributed by atoms with van der Waals surface area (Å²) in [6.45, 7) is 11.1. The van der Waals surface area contributed by atoms with Crippen molar-refractivity contribution in [3.05, 3.63) is 34.9 Å². The highest BCUT2D eigenvalue weighted by atomic mass is 16.2. The number of likely N-dealkylation sites (N-methyl/N-ethyl adjacent to an activating group) is 2. The first kappa shape index (κ1) is 20.1. The van der Waals surface area contributed by atoms with Crippen molar-refractivity contribution < 1.29 is 14.4 Å². The molecule has 0 radical (unpaired) electrons. The van der Waals surface area contributed by atoms with Gasteiger partial charge in [0.2, 0.25) is 0 Å². The van der Waals surface area contributed by atoms with Gasteiger partial charge in [-0.1, -0.05) is 13.0 Å². The van der Waals surface area contributed by atoms with E-state index >= 15 is 0 Å². The van der Waals surface area contributed by atoms with Crippen LogP contribution in [0.4, 0.5) is 10.5 Å². The first-order valence-electron chi connectivity index (χ1n) is 9.70. The molecule has 150 valence electrons. The highest BCUT2D eigenvalue weighted by Crippen LogP contribution is 2.44. The van der Waals surface area contributed by atoms with Crippen LogP contribution in [-0.4, -0.2) is 53.3 Å². The van der Waals surface area contributed by atoms with E-state index in [0.717, 1.165) is 21.8 Å². The van der Waals surface area contributed by atoms with E-state index < -0.39 is 17.8 Å². The van der Waals surface area contributed by atoms with Gasteiger partial charge in [0, 0.05) is 31.4 Å². The van der Waals surface area contributed by atoms with Crippen molar-refractivity contribution in [2.75, 3.05) is 19.0 Å². The smallest absolute Gasteiger partial charge is 0.333 e. The molecule has 1 fully saturated rings. The van der Waals surface area contributed by atoms with E-state index in [1.807, 2.05) is 6.07 Å². The third-order valence-electron chi connectivity index (χ3n) is 5.77. The molecule has 0 spiro atoms. The van der Waals surface area contributed by atoms with Crippen LogP contribution in [0.5, 0.6) is 0 Å². The molecule has 3 rings (SSSR count). The molecule has 0 saturated carbocycles. The van der Waals surface area contributed by atoms with E-state index in [2.05, 4.69) is 51.7 Å². The van der Waals surface area contributed by atoms with Gasteiger partial charge in [-0.05, 0) is 69.4 Å². The second kappa shape index (κ2) is 6.76. The van der Waals surface area contributed by atoms with Crippen molar-refractivity contribution >= 4 is 29.6 Å². The number of anilines is 1. The SMILES string of the molecule is CC1CC(C)(C)N(C(C)C)c2ccc(C=C3C(=O)N(C)C(=O)N(C)C3=O)cc21. The minimum Gasteiger partial charge on any atom is -0.364 e. The Morgan fingerprint density at radius 2 is 1.64 bits per heavy atom. The van der Waals surface area contributed by atoms with Crippen LogP contribution >= 0.6 is 0 Å². The van der Waals surface area contributed by atoms with Gasteiger partial charge in [-0.25, -0.2) is 4.79 Å². The van der Waals surface area contributed by atoms with Gasteiger partial charge in [0.1, 0.15) is 5.57 Å². The molecule has 6 nitrogen and oxygen atoms in total. The standard InChI is InChI=1S/C22H29N3O3/c1-13(2)25-18-9-8-15(10-16(18)14(3)12-22(25,4)5)11-17-19(26)23(6)21(28)24(7)20(17)27/h8-11,13-14H,12H2,1-7H3. The predicted octanol–water partition coefficient (Wildman–Crippen LogP) is 3.62. The average molecular weight is 383 g/mol. The summed E-state index contributed by atoms with van der Waals surface area (Å²) in [7, 11) is 2.78. The van der Waals surface area contributed by atoms with Gasteiger partial charge in [-0.15, -0.1) is 0 Å². The summed E-state index contributed by atoms with van der Waals surface area (Å²) in [5, 5.41) is 0. The normalized spacial score (nSPS) is 22.1. The van der Waals surface area contributed by atoms with Gasteiger partial charge in [0.15, 0.2) is 0 Å². The summed E-state index contributed by atoms with van der Waals surface area (Å²) in [5.41, 5.74) is 3.28. The highest BCUT2D eigenvalue weighted by molar-refractivity contribution is 6.30. The van der Waals surface area contributed by atoms with Crippen molar-refractivity contribution in [1.29, 1.82) is 0 Å². The molecule has 2 aliphatic rings. The number of hydrogen-bond acceptors (Lipinski definition) is 4. The molecule has 1 unspecified atom stereocenters. The van der Waals surface area contributed by atoms with Crippen LogP contribution in [-0.2, 0) is 9.59 Å². The van der Waals surface area contributed by atoms with Crippen LogP contribution in [0.2, 0.25) is 0 Å². The van der Waals surface area contributed by atoms with Crippen molar-refractivity contribution in [1.82, 2.24) is 9.80 Å². The Balaban J connectivity index is 2.06. The zero-order valence-electron chi connectivity index (χ0n) is 17.7. The third-order valence-corrected chi connectivity index (χ3v) is 5.77. The zero-order valence-corrected chi connectivity index (χ0v) is 17.7. The molecular weight excluding hydrogens is 354 g/mol. The van der Waals surface area contributed by atoms with Crippen molar-refractivity contribution in [2.24, 2.45) is 0 Å². The lowest BCUT2D eigenvalue weighted by atomic mass is 9.78. The number of amides is 4. The maximum atomic E-state index is 12.5. The second-order valence-corrected chi connectivity index (χ2v) is 8.77. The van der Waals surface area contributed by atoms with Crippen LogP contribution in [0, 0.1) is 0 Å². The Bertz CT molecular complexity index is 859. The summed E-state index contributed by atoms with van der Waals surface area (Å²) in [6, 6.07) is 5.83. The van der Waals surface area contributed by atoms with Crippen LogP contribution in [0.3, 0.4) is 0 Å². The number of carbonyl (C=O) groups is 3. The maximum Gasteiger partial charge on any atom is 0.333 e. The molecule has 0 aromatic heterocycles. The topological polar surface area (TPSA) is 60.9 Å². The molecule has 0 bridgehead atoms. The average Bonchev–Trinajstić information content (AvgIpc) is 2.61. The Kier molecular flexibility index (Phi) is 4.86. The number of benzene rings is 1. The molecule has 4 amide bonds. The number of fused-ring (bicyclic) bond motifs is 1. The van der Waals surface area contributed by atoms with Crippen LogP contribution < -0.4 is 4.90 Å². The summed E-state index contributed by atoms with van der Waals surface area (Å²) in [6.07, 6.45) is 2.62. The summed E-state index contributed by atoms with van der Waals surface area (Å²) in [4.78, 5) is 41.2. The highest BCUT2D eigenvalue weighted by Gasteiger charge is 2.39. The lowest BCUT2D eigenvalue weighted by molar-refractivity contribution is -0.134. The fourth-order valence-corrected chi connectivity index (χ4v) is 4.68. The molecule has 2 heterocycles. The molecule has 1 atom stereocenters. The molecule has 0 N–H and O–H groups in total. The number of barbiturate groups is 1. The van der Waals surface area contributed by atoms with Crippen molar-refractivity contribution in [3.8, 4) is 0 Å². The Morgan fingerprint density at radius 1 is 1.07 bits per heavy atom. The monoisotopic (exact) mass is 383 g/mol. The van der Waals surface area contributed by atoms with Gasteiger partial charge < -0.3 is 4.90 Å². The van der Waals surface area contributed by atoms with Crippen molar-refractivity contribution in [3.63, 3.8) is 0 Å². The largest absolute Gasteiger partial charge is 0.364 e. The van der Waals surface area contributed by atoms with Crippen LogP contribution in [0.25, 0.3) is 6.08 Å². The lowest BCUT2D eigenvalue weighted by Crippen LogP contribution is -2.53. The summed E-state index contributed by atoms with van der Waals surface area (Å²) in [5.74, 6) is -0.768. The van der Waals surface area contributed by atoms with E-state index in [0.29, 0.717) is 12.0 Å². The number of hydrogen-bond donors (Lipinski definition) is 0. The molecule has 1 aromatic carbocycles. The number of carbonyl (C=O) groups excluding carboxylic acids is 3. The minimum atomic E-state index is -0.610. The molecule has 6 heteroatoms. The predicted molar refractivity (Wildman–Crippen MR) is 110 cm³/mol. The van der Waals surface area contributed by atoms with Gasteiger partial charge in [0.25, 0.3) is 11.8 Å². The zero-order chi connectivity index (χ0) is 21.0. The Labute approximate surface area is 166 Å². The van der Waals surface area contributed by atoms with Crippen molar-refractivity contribution in [2.45, 2.75) is 58.5 Å². The maximum absolute atomic E-state index is 12.5. The molecule has 28 heavy (non-hydrogen) atoms. The van der Waals surface area contributed by atoms with Gasteiger partial charge in [-0.3, -0.25) is 19.4 Å². The first-order valence-corrected chi connectivity index (χ1v) is 9.70. The van der Waals surface area contributed by atoms with Crippen LogP contribution in [0.1, 0.15) is 58.1 Å². The fraction of sp³-hybridized carbons (Fsp3) is 0.500.